The third-order valence-corrected chi connectivity index (χ3v) is 4.97. The molecule has 2 saturated heterocycles. The molecule has 1 aromatic carbocycles. The molecule has 1 aromatic rings. The first-order chi connectivity index (χ1) is 12.8. The van der Waals surface area contributed by atoms with E-state index < -0.39 is 30.0 Å². The number of imide groups is 1. The maximum atomic E-state index is 12.9. The minimum absolute atomic E-state index is 0.00341. The minimum Gasteiger partial charge on any atom is -0.406 e. The summed E-state index contributed by atoms with van der Waals surface area (Å²) in [5.74, 6) is -1.39. The Bertz CT molecular complexity index is 708. The molecule has 2 unspecified atom stereocenters. The largest absolute Gasteiger partial charge is 0.573 e. The van der Waals surface area contributed by atoms with Crippen LogP contribution in [0.15, 0.2) is 24.3 Å². The Morgan fingerprint density at radius 3 is 2.70 bits per heavy atom. The van der Waals surface area contributed by atoms with Gasteiger partial charge in [0, 0.05) is 18.7 Å². The average Bonchev–Trinajstić information content (AvgIpc) is 2.89. The van der Waals surface area contributed by atoms with Crippen LogP contribution in [-0.2, 0) is 9.59 Å². The van der Waals surface area contributed by atoms with Crippen LogP contribution in [0.5, 0.6) is 5.75 Å². The zero-order valence-electron chi connectivity index (χ0n) is 14.6. The van der Waals surface area contributed by atoms with Crippen molar-refractivity contribution < 1.29 is 32.6 Å². The molecule has 2 aliphatic rings. The van der Waals surface area contributed by atoms with Crippen LogP contribution in [0.2, 0.25) is 0 Å². The van der Waals surface area contributed by atoms with E-state index in [0.717, 1.165) is 36.3 Å². The van der Waals surface area contributed by atoms with Crippen molar-refractivity contribution in [1.29, 1.82) is 0 Å². The van der Waals surface area contributed by atoms with Gasteiger partial charge in [-0.15, -0.1) is 13.2 Å². The number of carbonyl (C=O) groups is 2. The molecule has 1 N–H and O–H groups in total. The maximum absolute atomic E-state index is 12.9. The molecular weight excluding hydrogens is 365 g/mol. The number of aliphatic hydroxyl groups is 1. The highest BCUT2D eigenvalue weighted by atomic mass is 19.4. The first-order valence-corrected chi connectivity index (χ1v) is 8.89. The third-order valence-electron chi connectivity index (χ3n) is 4.97. The van der Waals surface area contributed by atoms with E-state index in [0.29, 0.717) is 13.0 Å². The summed E-state index contributed by atoms with van der Waals surface area (Å²) in [6, 6.07) is 4.23. The minimum atomic E-state index is -4.86. The Morgan fingerprint density at radius 2 is 2.00 bits per heavy atom. The number of halogens is 3. The van der Waals surface area contributed by atoms with E-state index in [1.54, 1.807) is 0 Å². The predicted octanol–water partition coefficient (Wildman–Crippen LogP) is 2.45. The van der Waals surface area contributed by atoms with E-state index >= 15 is 0 Å². The van der Waals surface area contributed by atoms with Crippen molar-refractivity contribution in [1.82, 2.24) is 4.90 Å². The van der Waals surface area contributed by atoms with Crippen LogP contribution in [0.3, 0.4) is 0 Å². The molecule has 148 valence electrons. The molecule has 0 saturated carbocycles. The summed E-state index contributed by atoms with van der Waals surface area (Å²) in [7, 11) is 0. The van der Waals surface area contributed by atoms with E-state index in [1.807, 2.05) is 4.90 Å². The Kier molecular flexibility index (Phi) is 5.71. The highest BCUT2D eigenvalue weighted by Gasteiger charge is 2.45. The van der Waals surface area contributed by atoms with E-state index in [1.165, 1.54) is 12.1 Å². The lowest BCUT2D eigenvalue weighted by molar-refractivity contribution is -0.274. The highest BCUT2D eigenvalue weighted by Crippen LogP contribution is 2.33. The van der Waals surface area contributed by atoms with Gasteiger partial charge in [-0.2, -0.15) is 0 Å². The molecule has 6 nitrogen and oxygen atoms in total. The second-order valence-corrected chi connectivity index (χ2v) is 6.73. The fraction of sp³-hybridized carbons (Fsp3) is 0.556. The molecule has 2 aliphatic heterocycles. The Labute approximate surface area is 154 Å². The van der Waals surface area contributed by atoms with Gasteiger partial charge >= 0.3 is 6.36 Å². The number of amides is 2. The van der Waals surface area contributed by atoms with E-state index in [9.17, 15) is 27.9 Å². The third kappa shape index (κ3) is 4.41. The molecular formula is C18H21F3N2O4. The van der Waals surface area contributed by atoms with Gasteiger partial charge in [0.1, 0.15) is 5.75 Å². The lowest BCUT2D eigenvalue weighted by Crippen LogP contribution is -2.50. The van der Waals surface area contributed by atoms with Crippen LogP contribution in [0, 0.1) is 0 Å². The Hall–Kier alpha value is -2.13. The summed E-state index contributed by atoms with van der Waals surface area (Å²) in [6.07, 6.45) is -1.62. The van der Waals surface area contributed by atoms with Crippen LogP contribution in [0.1, 0.15) is 32.1 Å². The number of carbonyl (C=O) groups excluding carboxylic acids is 2. The Balaban J connectivity index is 1.81. The summed E-state index contributed by atoms with van der Waals surface area (Å²) >= 11 is 0. The zero-order chi connectivity index (χ0) is 19.6. The van der Waals surface area contributed by atoms with Crippen LogP contribution in [0.4, 0.5) is 18.9 Å². The van der Waals surface area contributed by atoms with Crippen molar-refractivity contribution in [3.8, 4) is 5.75 Å². The maximum Gasteiger partial charge on any atom is 0.573 e. The molecule has 27 heavy (non-hydrogen) atoms. The molecule has 0 bridgehead atoms. The van der Waals surface area contributed by atoms with Crippen LogP contribution in [0.25, 0.3) is 0 Å². The van der Waals surface area contributed by atoms with Crippen LogP contribution >= 0.6 is 0 Å². The Morgan fingerprint density at radius 1 is 1.22 bits per heavy atom. The van der Waals surface area contributed by atoms with Gasteiger partial charge in [-0.1, -0.05) is 12.5 Å². The molecule has 0 aromatic heterocycles. The van der Waals surface area contributed by atoms with Gasteiger partial charge in [0.2, 0.25) is 5.91 Å². The number of anilines is 1. The molecule has 3 rings (SSSR count). The smallest absolute Gasteiger partial charge is 0.406 e. The van der Waals surface area contributed by atoms with Crippen molar-refractivity contribution in [2.24, 2.45) is 0 Å². The highest BCUT2D eigenvalue weighted by molar-refractivity contribution is 6.22. The number of ether oxygens (including phenoxy) is 1. The normalized spacial score (nSPS) is 24.5. The van der Waals surface area contributed by atoms with Gasteiger partial charge in [0.15, 0.2) is 0 Å². The van der Waals surface area contributed by atoms with E-state index in [2.05, 4.69) is 4.74 Å². The quantitative estimate of drug-likeness (QED) is 0.788. The molecule has 0 aliphatic carbocycles. The number of piperidine rings is 1. The van der Waals surface area contributed by atoms with Gasteiger partial charge in [0.25, 0.3) is 5.91 Å². The SMILES string of the molecule is O=C1CC(N2CCCCC2CCO)C(=O)N1c1cccc(OC(F)(F)F)c1. The van der Waals surface area contributed by atoms with Gasteiger partial charge in [-0.3, -0.25) is 14.5 Å². The molecule has 2 atom stereocenters. The lowest BCUT2D eigenvalue weighted by atomic mass is 9.97. The standard InChI is InChI=1S/C18H21F3N2O4/c19-18(20,21)27-14-6-3-5-13(10-14)23-16(25)11-15(17(23)26)22-8-2-1-4-12(22)7-9-24/h3,5-6,10,12,15,24H,1-2,4,7-9,11H2. The van der Waals surface area contributed by atoms with Gasteiger partial charge in [-0.05, 0) is 37.9 Å². The van der Waals surface area contributed by atoms with Gasteiger partial charge in [-0.25, -0.2) is 4.90 Å². The number of likely N-dealkylation sites (tertiary alicyclic amines) is 1. The molecule has 0 radical (unpaired) electrons. The average molecular weight is 386 g/mol. The topological polar surface area (TPSA) is 70.1 Å². The van der Waals surface area contributed by atoms with Crippen molar-refractivity contribution in [3.63, 3.8) is 0 Å². The van der Waals surface area contributed by atoms with Gasteiger partial charge < -0.3 is 9.84 Å². The summed E-state index contributed by atoms with van der Waals surface area (Å²) in [6.45, 7) is 0.649. The number of hydrogen-bond acceptors (Lipinski definition) is 5. The second kappa shape index (κ2) is 7.85. The fourth-order valence-electron chi connectivity index (χ4n) is 3.86. The van der Waals surface area contributed by atoms with Crippen molar-refractivity contribution >= 4 is 17.5 Å². The lowest BCUT2D eigenvalue weighted by Gasteiger charge is -2.38. The number of benzene rings is 1. The molecule has 2 amide bonds. The molecule has 2 fully saturated rings. The van der Waals surface area contributed by atoms with Crippen LogP contribution < -0.4 is 9.64 Å². The van der Waals surface area contributed by atoms with Crippen molar-refractivity contribution in [2.75, 3.05) is 18.1 Å². The fourth-order valence-corrected chi connectivity index (χ4v) is 3.86. The van der Waals surface area contributed by atoms with Crippen LogP contribution in [-0.4, -0.2) is 53.4 Å². The molecule has 2 heterocycles. The number of alkyl halides is 3. The molecule has 9 heteroatoms. The van der Waals surface area contributed by atoms with Crippen molar-refractivity contribution in [3.05, 3.63) is 24.3 Å². The summed E-state index contributed by atoms with van der Waals surface area (Å²) < 4.78 is 41.2. The number of rotatable bonds is 5. The number of nitrogens with zero attached hydrogens (tertiary/aromatic N) is 2. The predicted molar refractivity (Wildman–Crippen MR) is 90.1 cm³/mol. The van der Waals surface area contributed by atoms with E-state index in [4.69, 9.17) is 0 Å². The van der Waals surface area contributed by atoms with Gasteiger partial charge in [0.05, 0.1) is 18.2 Å². The number of aliphatic hydroxyl groups excluding tert-OH is 1. The number of hydrogen-bond donors (Lipinski definition) is 1. The molecule has 0 spiro atoms. The zero-order valence-corrected chi connectivity index (χ0v) is 14.6. The first-order valence-electron chi connectivity index (χ1n) is 8.89. The summed E-state index contributed by atoms with van der Waals surface area (Å²) in [5.41, 5.74) is 0.0602. The second-order valence-electron chi connectivity index (χ2n) is 6.73. The summed E-state index contributed by atoms with van der Waals surface area (Å²) in [4.78, 5) is 28.2. The monoisotopic (exact) mass is 386 g/mol. The summed E-state index contributed by atoms with van der Waals surface area (Å²) in [5, 5.41) is 9.26. The van der Waals surface area contributed by atoms with E-state index in [-0.39, 0.29) is 24.8 Å². The van der Waals surface area contributed by atoms with Crippen molar-refractivity contribution in [2.45, 2.75) is 50.6 Å². The first kappa shape index (κ1) is 19.6.